The van der Waals surface area contributed by atoms with Gasteiger partial charge in [0, 0.05) is 11.6 Å². The van der Waals surface area contributed by atoms with E-state index in [0.717, 1.165) is 10.9 Å². The normalized spacial score (nSPS) is 10.9. The molecule has 0 saturated heterocycles. The fraction of sp³-hybridized carbons (Fsp3) is 0.100. The lowest BCUT2D eigenvalue weighted by Crippen LogP contribution is -1.93. The number of rotatable bonds is 0. The fourth-order valence-corrected chi connectivity index (χ4v) is 2.08. The largest absolute Gasteiger partial charge is 0.396 e. The van der Waals surface area contributed by atoms with Crippen LogP contribution in [0.1, 0.15) is 5.56 Å². The molecule has 0 unspecified atom stereocenters. The van der Waals surface area contributed by atoms with Crippen LogP contribution in [-0.4, -0.2) is 4.98 Å². The third-order valence-electron chi connectivity index (χ3n) is 2.20. The van der Waals surface area contributed by atoms with Gasteiger partial charge in [-0.2, -0.15) is 0 Å². The third kappa shape index (κ3) is 1.69. The van der Waals surface area contributed by atoms with Crippen LogP contribution in [0.25, 0.3) is 10.9 Å². The summed E-state index contributed by atoms with van der Waals surface area (Å²) in [5.41, 5.74) is 7.97. The van der Waals surface area contributed by atoms with Crippen molar-refractivity contribution in [3.05, 3.63) is 32.3 Å². The summed E-state index contributed by atoms with van der Waals surface area (Å²) in [5.74, 6) is 0. The van der Waals surface area contributed by atoms with Crippen LogP contribution in [0.15, 0.2) is 16.7 Å². The molecule has 2 nitrogen and oxygen atoms in total. The Hall–Kier alpha value is -0.510. The monoisotopic (exact) mass is 304 g/mol. The van der Waals surface area contributed by atoms with Gasteiger partial charge >= 0.3 is 0 Å². The lowest BCUT2D eigenvalue weighted by molar-refractivity contribution is 1.33. The topological polar surface area (TPSA) is 38.9 Å². The maximum atomic E-state index is 6.15. The molecule has 0 aliphatic heterocycles. The maximum absolute atomic E-state index is 6.15. The maximum Gasteiger partial charge on any atom is 0.0959 e. The first-order valence-electron chi connectivity index (χ1n) is 4.20. The summed E-state index contributed by atoms with van der Waals surface area (Å²) in [6.07, 6.45) is 1.70. The summed E-state index contributed by atoms with van der Waals surface area (Å²) in [6.45, 7) is 1.89. The Bertz CT molecular complexity index is 555. The number of hydrogen-bond donors (Lipinski definition) is 1. The molecule has 78 valence electrons. The van der Waals surface area contributed by atoms with E-state index in [2.05, 4.69) is 20.9 Å². The first-order chi connectivity index (χ1) is 7.02. The quantitative estimate of drug-likeness (QED) is 0.741. The summed E-state index contributed by atoms with van der Waals surface area (Å²) in [5, 5.41) is 1.96. The molecule has 0 saturated carbocycles. The number of hydrogen-bond acceptors (Lipinski definition) is 2. The van der Waals surface area contributed by atoms with Crippen molar-refractivity contribution in [1.29, 1.82) is 0 Å². The van der Waals surface area contributed by atoms with Crippen molar-refractivity contribution in [2.45, 2.75) is 6.92 Å². The van der Waals surface area contributed by atoms with Crippen LogP contribution in [0.2, 0.25) is 10.0 Å². The van der Waals surface area contributed by atoms with Gasteiger partial charge in [-0.05, 0) is 34.5 Å². The Kier molecular flexibility index (Phi) is 2.79. The molecule has 0 aliphatic rings. The molecule has 1 heterocycles. The smallest absolute Gasteiger partial charge is 0.0959 e. The Morgan fingerprint density at radius 3 is 2.73 bits per heavy atom. The van der Waals surface area contributed by atoms with Gasteiger partial charge in [0.2, 0.25) is 0 Å². The van der Waals surface area contributed by atoms with Crippen molar-refractivity contribution in [1.82, 2.24) is 4.98 Å². The molecule has 0 atom stereocenters. The number of pyridine rings is 1. The van der Waals surface area contributed by atoms with E-state index in [0.29, 0.717) is 25.7 Å². The van der Waals surface area contributed by atoms with Crippen molar-refractivity contribution >= 4 is 55.7 Å². The van der Waals surface area contributed by atoms with Crippen LogP contribution in [0, 0.1) is 6.92 Å². The van der Waals surface area contributed by atoms with E-state index in [1.54, 1.807) is 12.3 Å². The minimum absolute atomic E-state index is 0.513. The lowest BCUT2D eigenvalue weighted by Gasteiger charge is -2.08. The van der Waals surface area contributed by atoms with Crippen molar-refractivity contribution < 1.29 is 0 Å². The number of nitrogens with zero attached hydrogens (tertiary/aromatic N) is 1. The number of benzene rings is 1. The van der Waals surface area contributed by atoms with Gasteiger partial charge in [-0.15, -0.1) is 0 Å². The first kappa shape index (κ1) is 11.0. The second kappa shape index (κ2) is 3.81. The van der Waals surface area contributed by atoms with E-state index in [1.807, 2.05) is 6.92 Å². The van der Waals surface area contributed by atoms with E-state index in [-0.39, 0.29) is 0 Å². The number of halogens is 3. The van der Waals surface area contributed by atoms with Gasteiger partial charge in [0.15, 0.2) is 0 Å². The van der Waals surface area contributed by atoms with Gasteiger partial charge in [-0.3, -0.25) is 4.98 Å². The van der Waals surface area contributed by atoms with Crippen molar-refractivity contribution in [2.75, 3.05) is 5.73 Å². The number of nitrogens with two attached hydrogens (primary N) is 1. The number of nitrogen functional groups attached to an aromatic ring is 1. The molecule has 2 rings (SSSR count). The van der Waals surface area contributed by atoms with Crippen LogP contribution in [-0.2, 0) is 0 Å². The average Bonchev–Trinajstić information content (AvgIpc) is 2.21. The van der Waals surface area contributed by atoms with Gasteiger partial charge in [0.1, 0.15) is 0 Å². The zero-order valence-electron chi connectivity index (χ0n) is 7.81. The summed E-state index contributed by atoms with van der Waals surface area (Å²) < 4.78 is 0.657. The van der Waals surface area contributed by atoms with Crippen LogP contribution < -0.4 is 5.73 Å². The zero-order valence-corrected chi connectivity index (χ0v) is 10.9. The zero-order chi connectivity index (χ0) is 11.2. The number of anilines is 1. The van der Waals surface area contributed by atoms with Crippen LogP contribution >= 0.6 is 39.1 Å². The highest BCUT2D eigenvalue weighted by Gasteiger charge is 2.11. The van der Waals surface area contributed by atoms with Crippen LogP contribution in [0.4, 0.5) is 5.69 Å². The van der Waals surface area contributed by atoms with Crippen molar-refractivity contribution in [3.8, 4) is 0 Å². The summed E-state index contributed by atoms with van der Waals surface area (Å²) in [4.78, 5) is 4.24. The number of fused-ring (bicyclic) bond motifs is 1. The summed E-state index contributed by atoms with van der Waals surface area (Å²) >= 11 is 15.5. The molecule has 0 radical (unpaired) electrons. The SMILES string of the molecule is Cc1cnc2c(N)c(Br)c(Cl)cc2c1Cl. The molecule has 0 amide bonds. The van der Waals surface area contributed by atoms with E-state index >= 15 is 0 Å². The Labute approximate surface area is 106 Å². The van der Waals surface area contributed by atoms with Gasteiger partial charge in [0.05, 0.1) is 25.7 Å². The second-order valence-corrected chi connectivity index (χ2v) is 4.82. The van der Waals surface area contributed by atoms with Gasteiger partial charge in [-0.25, -0.2) is 0 Å². The Morgan fingerprint density at radius 2 is 2.07 bits per heavy atom. The van der Waals surface area contributed by atoms with E-state index < -0.39 is 0 Å². The number of aromatic nitrogens is 1. The van der Waals surface area contributed by atoms with Crippen LogP contribution in [0.3, 0.4) is 0 Å². The molecule has 0 fully saturated rings. The molecule has 0 bridgehead atoms. The molecule has 1 aromatic heterocycles. The molecule has 2 aromatic rings. The van der Waals surface area contributed by atoms with Crippen molar-refractivity contribution in [2.24, 2.45) is 0 Å². The molecular formula is C10H7BrCl2N2. The Morgan fingerprint density at radius 1 is 1.40 bits per heavy atom. The Balaban J connectivity index is 2.98. The molecule has 0 aliphatic carbocycles. The molecule has 1 aromatic carbocycles. The van der Waals surface area contributed by atoms with Crippen molar-refractivity contribution in [3.63, 3.8) is 0 Å². The minimum Gasteiger partial charge on any atom is -0.396 e. The molecule has 2 N–H and O–H groups in total. The van der Waals surface area contributed by atoms with Gasteiger partial charge < -0.3 is 5.73 Å². The van der Waals surface area contributed by atoms with Gasteiger partial charge in [0.25, 0.3) is 0 Å². The summed E-state index contributed by atoms with van der Waals surface area (Å²) in [7, 11) is 0. The highest BCUT2D eigenvalue weighted by molar-refractivity contribution is 9.10. The van der Waals surface area contributed by atoms with E-state index in [1.165, 1.54) is 0 Å². The van der Waals surface area contributed by atoms with Crippen LogP contribution in [0.5, 0.6) is 0 Å². The lowest BCUT2D eigenvalue weighted by atomic mass is 10.1. The second-order valence-electron chi connectivity index (χ2n) is 3.24. The first-order valence-corrected chi connectivity index (χ1v) is 5.75. The fourth-order valence-electron chi connectivity index (χ4n) is 1.37. The minimum atomic E-state index is 0.513. The number of aryl methyl sites for hydroxylation is 1. The molecule has 15 heavy (non-hydrogen) atoms. The van der Waals surface area contributed by atoms with E-state index in [9.17, 15) is 0 Å². The van der Waals surface area contributed by atoms with Gasteiger partial charge in [-0.1, -0.05) is 23.2 Å². The van der Waals surface area contributed by atoms with E-state index in [4.69, 9.17) is 28.9 Å². The standard InChI is InChI=1S/C10H7BrCl2N2/c1-4-3-15-10-5(8(4)13)2-6(12)7(11)9(10)14/h2-3H,14H2,1H3. The average molecular weight is 306 g/mol. The summed E-state index contributed by atoms with van der Waals surface area (Å²) in [6, 6.07) is 1.76. The molecule has 5 heteroatoms. The highest BCUT2D eigenvalue weighted by Crippen LogP contribution is 2.37. The molecular weight excluding hydrogens is 299 g/mol. The predicted molar refractivity (Wildman–Crippen MR) is 68.6 cm³/mol. The molecule has 0 spiro atoms. The third-order valence-corrected chi connectivity index (χ3v) is 4.08. The highest BCUT2D eigenvalue weighted by atomic mass is 79.9. The predicted octanol–water partition coefficient (Wildman–Crippen LogP) is 4.19.